The minimum atomic E-state index is -0.485. The Labute approximate surface area is 95.0 Å². The number of ether oxygens (including phenoxy) is 2. The van der Waals surface area contributed by atoms with E-state index in [1.165, 1.54) is 0 Å². The summed E-state index contributed by atoms with van der Waals surface area (Å²) in [5, 5.41) is 16.9. The second-order valence-electron chi connectivity index (χ2n) is 2.96. The first-order chi connectivity index (χ1) is 7.72. The van der Waals surface area contributed by atoms with E-state index in [0.29, 0.717) is 25.2 Å². The van der Waals surface area contributed by atoms with Crippen molar-refractivity contribution in [2.75, 3.05) is 33.0 Å². The number of aliphatic hydroxyl groups excluding tert-OH is 2. The van der Waals surface area contributed by atoms with Crippen LogP contribution in [0.3, 0.4) is 0 Å². The van der Waals surface area contributed by atoms with Gasteiger partial charge in [0.2, 0.25) is 0 Å². The van der Waals surface area contributed by atoms with Gasteiger partial charge in [-0.3, -0.25) is 0 Å². The maximum absolute atomic E-state index is 11.2. The molecule has 5 nitrogen and oxygen atoms in total. The summed E-state index contributed by atoms with van der Waals surface area (Å²) >= 11 is 0. The van der Waals surface area contributed by atoms with Crippen molar-refractivity contribution in [2.24, 2.45) is 0 Å². The number of carbonyl (C=O) groups is 1. The molecule has 0 aromatic carbocycles. The molecule has 16 heavy (non-hydrogen) atoms. The van der Waals surface area contributed by atoms with Crippen molar-refractivity contribution in [1.82, 2.24) is 0 Å². The summed E-state index contributed by atoms with van der Waals surface area (Å²) < 4.78 is 9.69. The van der Waals surface area contributed by atoms with Gasteiger partial charge in [0.25, 0.3) is 0 Å². The zero-order valence-corrected chi connectivity index (χ0v) is 9.44. The Morgan fingerprint density at radius 3 is 2.56 bits per heavy atom. The zero-order chi connectivity index (χ0) is 12.2. The fraction of sp³-hybridized carbons (Fsp3) is 0.636. The molecule has 92 valence electrons. The van der Waals surface area contributed by atoms with Crippen molar-refractivity contribution in [3.63, 3.8) is 0 Å². The largest absolute Gasteiger partial charge is 0.459 e. The molecule has 2 N–H and O–H groups in total. The Hall–Kier alpha value is -1.13. The van der Waals surface area contributed by atoms with E-state index in [1.807, 2.05) is 0 Å². The van der Waals surface area contributed by atoms with E-state index in [9.17, 15) is 4.79 Å². The van der Waals surface area contributed by atoms with Gasteiger partial charge in [0, 0.05) is 0 Å². The first-order valence-corrected chi connectivity index (χ1v) is 5.10. The van der Waals surface area contributed by atoms with E-state index in [-0.39, 0.29) is 19.8 Å². The second kappa shape index (κ2) is 10.4. The van der Waals surface area contributed by atoms with Crippen molar-refractivity contribution in [2.45, 2.75) is 13.3 Å². The summed E-state index contributed by atoms with van der Waals surface area (Å²) in [4.78, 5) is 11.2. The molecule has 0 rings (SSSR count). The molecule has 0 aromatic heterocycles. The van der Waals surface area contributed by atoms with Crippen LogP contribution in [0.5, 0.6) is 0 Å². The van der Waals surface area contributed by atoms with Crippen LogP contribution in [0.2, 0.25) is 0 Å². The van der Waals surface area contributed by atoms with Gasteiger partial charge in [-0.25, -0.2) is 4.79 Å². The summed E-state index contributed by atoms with van der Waals surface area (Å²) in [6.07, 6.45) is 2.29. The summed E-state index contributed by atoms with van der Waals surface area (Å²) in [6.45, 7) is 2.20. The minimum Gasteiger partial charge on any atom is -0.459 e. The molecular formula is C11H18O5. The third-order valence-electron chi connectivity index (χ3n) is 1.59. The number of hydrogen-bond acceptors (Lipinski definition) is 5. The third-order valence-corrected chi connectivity index (χ3v) is 1.59. The molecule has 0 saturated heterocycles. The summed E-state index contributed by atoms with van der Waals surface area (Å²) in [6, 6.07) is 0. The van der Waals surface area contributed by atoms with Crippen molar-refractivity contribution in [3.8, 4) is 0 Å². The van der Waals surface area contributed by atoms with Crippen LogP contribution in [0.4, 0.5) is 0 Å². The third kappa shape index (κ3) is 8.20. The van der Waals surface area contributed by atoms with Crippen LogP contribution >= 0.6 is 0 Å². The Morgan fingerprint density at radius 2 is 1.94 bits per heavy atom. The average molecular weight is 230 g/mol. The minimum absolute atomic E-state index is 0.00252. The number of rotatable bonds is 8. The second-order valence-corrected chi connectivity index (χ2v) is 2.96. The molecule has 0 heterocycles. The number of esters is 1. The van der Waals surface area contributed by atoms with Crippen LogP contribution in [0.15, 0.2) is 17.4 Å². The topological polar surface area (TPSA) is 76.0 Å². The van der Waals surface area contributed by atoms with Gasteiger partial charge < -0.3 is 19.7 Å². The normalized spacial score (nSPS) is 9.44. The molecule has 0 aliphatic carbocycles. The van der Waals surface area contributed by atoms with Gasteiger partial charge in [0.05, 0.1) is 32.0 Å². The van der Waals surface area contributed by atoms with Crippen LogP contribution in [0.25, 0.3) is 0 Å². The first-order valence-electron chi connectivity index (χ1n) is 5.10. The van der Waals surface area contributed by atoms with Crippen molar-refractivity contribution in [1.29, 1.82) is 0 Å². The SMILES string of the molecule is CC(=C=CCCOCCO)C(=O)OCCO. The van der Waals surface area contributed by atoms with Gasteiger partial charge in [-0.1, -0.05) is 0 Å². The van der Waals surface area contributed by atoms with E-state index in [2.05, 4.69) is 10.5 Å². The standard InChI is InChI=1S/C11H18O5/c1-10(11(14)16-9-6-13)4-2-3-7-15-8-5-12/h2,12-13H,3,5-9H2,1H3. The lowest BCUT2D eigenvalue weighted by Gasteiger charge is -1.99. The van der Waals surface area contributed by atoms with Crippen molar-refractivity contribution < 1.29 is 24.5 Å². The predicted molar refractivity (Wildman–Crippen MR) is 57.8 cm³/mol. The molecule has 0 atom stereocenters. The lowest BCUT2D eigenvalue weighted by molar-refractivity contribution is -0.139. The predicted octanol–water partition coefficient (Wildman–Crippen LogP) is 0.0223. The molecule has 0 aliphatic heterocycles. The highest BCUT2D eigenvalue weighted by Crippen LogP contribution is 1.94. The quantitative estimate of drug-likeness (QED) is 0.266. The van der Waals surface area contributed by atoms with E-state index in [4.69, 9.17) is 14.9 Å². The smallest absolute Gasteiger partial charge is 0.341 e. The van der Waals surface area contributed by atoms with Crippen molar-refractivity contribution >= 4 is 5.97 Å². The molecular weight excluding hydrogens is 212 g/mol. The van der Waals surface area contributed by atoms with E-state index < -0.39 is 5.97 Å². The molecule has 0 amide bonds. The number of hydrogen-bond donors (Lipinski definition) is 2. The van der Waals surface area contributed by atoms with Gasteiger partial charge in [-0.2, -0.15) is 0 Å². The van der Waals surface area contributed by atoms with Gasteiger partial charge in [0.15, 0.2) is 0 Å². The summed E-state index contributed by atoms with van der Waals surface area (Å²) in [5.74, 6) is -0.485. The molecule has 0 aromatic rings. The van der Waals surface area contributed by atoms with Crippen LogP contribution in [-0.2, 0) is 14.3 Å². The number of carbonyl (C=O) groups excluding carboxylic acids is 1. The lowest BCUT2D eigenvalue weighted by Crippen LogP contribution is -2.08. The zero-order valence-electron chi connectivity index (χ0n) is 9.44. The Kier molecular flexibility index (Phi) is 9.66. The fourth-order valence-corrected chi connectivity index (χ4v) is 0.840. The van der Waals surface area contributed by atoms with Crippen LogP contribution in [0.1, 0.15) is 13.3 Å². The molecule has 0 saturated carbocycles. The molecule has 0 aliphatic rings. The molecule has 0 bridgehead atoms. The average Bonchev–Trinajstić information content (AvgIpc) is 2.30. The van der Waals surface area contributed by atoms with Crippen LogP contribution in [-0.4, -0.2) is 49.2 Å². The molecule has 0 spiro atoms. The van der Waals surface area contributed by atoms with Gasteiger partial charge in [0.1, 0.15) is 6.61 Å². The van der Waals surface area contributed by atoms with E-state index in [0.717, 1.165) is 0 Å². The van der Waals surface area contributed by atoms with Gasteiger partial charge in [-0.15, -0.1) is 5.73 Å². The maximum Gasteiger partial charge on any atom is 0.341 e. The molecule has 0 fully saturated rings. The van der Waals surface area contributed by atoms with Crippen LogP contribution in [0, 0.1) is 0 Å². The van der Waals surface area contributed by atoms with E-state index in [1.54, 1.807) is 13.0 Å². The Morgan fingerprint density at radius 1 is 1.25 bits per heavy atom. The highest BCUT2D eigenvalue weighted by atomic mass is 16.5. The summed E-state index contributed by atoms with van der Waals surface area (Å²) in [5.41, 5.74) is 3.12. The molecule has 5 heteroatoms. The summed E-state index contributed by atoms with van der Waals surface area (Å²) in [7, 11) is 0. The maximum atomic E-state index is 11.2. The molecule has 0 unspecified atom stereocenters. The first kappa shape index (κ1) is 14.9. The lowest BCUT2D eigenvalue weighted by atomic mass is 10.3. The number of aliphatic hydroxyl groups is 2. The van der Waals surface area contributed by atoms with Crippen LogP contribution < -0.4 is 0 Å². The monoisotopic (exact) mass is 230 g/mol. The van der Waals surface area contributed by atoms with Crippen molar-refractivity contribution in [3.05, 3.63) is 17.4 Å². The highest BCUT2D eigenvalue weighted by Gasteiger charge is 2.02. The van der Waals surface area contributed by atoms with Gasteiger partial charge in [-0.05, 0) is 19.4 Å². The molecule has 0 radical (unpaired) electrons. The highest BCUT2D eigenvalue weighted by molar-refractivity contribution is 5.87. The fourth-order valence-electron chi connectivity index (χ4n) is 0.840. The Bertz CT molecular complexity index is 253. The Balaban J connectivity index is 3.81. The van der Waals surface area contributed by atoms with Gasteiger partial charge >= 0.3 is 5.97 Å². The van der Waals surface area contributed by atoms with E-state index >= 15 is 0 Å².